The predicted octanol–water partition coefficient (Wildman–Crippen LogP) is 7.09. The van der Waals surface area contributed by atoms with Crippen molar-refractivity contribution in [2.75, 3.05) is 50.9 Å². The van der Waals surface area contributed by atoms with Gasteiger partial charge in [-0.15, -0.1) is 13.2 Å². The van der Waals surface area contributed by atoms with Gasteiger partial charge in [0.25, 0.3) is 5.91 Å². The predicted molar refractivity (Wildman–Crippen MR) is 171 cm³/mol. The Morgan fingerprint density at radius 2 is 1.49 bits per heavy atom. The minimum absolute atomic E-state index is 0.0706. The summed E-state index contributed by atoms with van der Waals surface area (Å²) in [7, 11) is 4.07. The van der Waals surface area contributed by atoms with Crippen LogP contribution in [0.15, 0.2) is 66.7 Å². The van der Waals surface area contributed by atoms with E-state index in [0.717, 1.165) is 44.4 Å². The fraction of sp³-hybridized carbons (Fsp3) is 0.375. The third kappa shape index (κ3) is 11.0. The van der Waals surface area contributed by atoms with E-state index in [1.165, 1.54) is 36.4 Å². The van der Waals surface area contributed by atoms with E-state index in [1.807, 2.05) is 38.4 Å². The van der Waals surface area contributed by atoms with Gasteiger partial charge in [0, 0.05) is 67.4 Å². The van der Waals surface area contributed by atoms with Crippen molar-refractivity contribution in [3.8, 4) is 16.9 Å². The maximum atomic E-state index is 13.1. The number of amides is 2. The Hall–Kier alpha value is -3.78. The number of alkyl halides is 3. The molecule has 0 spiro atoms. The standard InChI is InChI=1S/C32H38F3N5O4S/c1-31(2,3)44-30(42)37-26-14-15-28(43-32(33,34)35)27(20-26)23-8-10-24(11-9-23)29(41)36-25-12-6-22(7-13-25)21-39-16-18-40(19-17-39)45-38(4)5/h6-15,20H,16-19,21H2,1-5H3,(H,36,41)(H,37,42). The zero-order chi connectivity index (χ0) is 32.8. The fourth-order valence-corrected chi connectivity index (χ4v) is 5.41. The maximum Gasteiger partial charge on any atom is 0.573 e. The molecule has 45 heavy (non-hydrogen) atoms. The van der Waals surface area contributed by atoms with Gasteiger partial charge in [-0.25, -0.2) is 13.4 Å². The van der Waals surface area contributed by atoms with Crippen LogP contribution in [0, 0.1) is 0 Å². The van der Waals surface area contributed by atoms with Gasteiger partial charge in [-0.1, -0.05) is 24.3 Å². The molecule has 4 rings (SSSR count). The molecular weight excluding hydrogens is 607 g/mol. The second kappa shape index (κ2) is 14.5. The molecule has 0 aliphatic carbocycles. The summed E-state index contributed by atoms with van der Waals surface area (Å²) in [6, 6.07) is 17.5. The number of nitrogens with one attached hydrogen (secondary N) is 2. The number of nitrogens with zero attached hydrogens (tertiary/aromatic N) is 3. The van der Waals surface area contributed by atoms with Crippen LogP contribution in [0.1, 0.15) is 36.7 Å². The van der Waals surface area contributed by atoms with Gasteiger partial charge in [0.05, 0.1) is 0 Å². The molecule has 0 radical (unpaired) electrons. The van der Waals surface area contributed by atoms with Crippen molar-refractivity contribution in [2.24, 2.45) is 0 Å². The number of piperazine rings is 1. The molecule has 0 aromatic heterocycles. The van der Waals surface area contributed by atoms with Crippen LogP contribution >= 0.6 is 12.1 Å². The SMILES string of the molecule is CN(C)SN1CCN(Cc2ccc(NC(=O)c3ccc(-c4cc(NC(=O)OC(C)(C)C)ccc4OC(F)(F)F)cc3)cc2)CC1. The molecule has 0 atom stereocenters. The van der Waals surface area contributed by atoms with Crippen molar-refractivity contribution in [2.45, 2.75) is 39.3 Å². The molecule has 2 N–H and O–H groups in total. The zero-order valence-electron chi connectivity index (χ0n) is 25.9. The number of anilines is 2. The Kier molecular flexibility index (Phi) is 11.0. The monoisotopic (exact) mass is 645 g/mol. The summed E-state index contributed by atoms with van der Waals surface area (Å²) in [5, 5.41) is 5.38. The van der Waals surface area contributed by atoms with E-state index in [9.17, 15) is 22.8 Å². The van der Waals surface area contributed by atoms with Gasteiger partial charge >= 0.3 is 12.5 Å². The Morgan fingerprint density at radius 1 is 0.867 bits per heavy atom. The molecule has 0 unspecified atom stereocenters. The summed E-state index contributed by atoms with van der Waals surface area (Å²) in [6.07, 6.45) is -5.68. The summed E-state index contributed by atoms with van der Waals surface area (Å²) >= 11 is 1.73. The van der Waals surface area contributed by atoms with Crippen molar-refractivity contribution in [1.29, 1.82) is 0 Å². The summed E-state index contributed by atoms with van der Waals surface area (Å²) in [6.45, 7) is 9.84. The van der Waals surface area contributed by atoms with Crippen molar-refractivity contribution >= 4 is 35.5 Å². The van der Waals surface area contributed by atoms with E-state index in [0.29, 0.717) is 16.8 Å². The van der Waals surface area contributed by atoms with E-state index in [4.69, 9.17) is 4.74 Å². The normalized spacial score (nSPS) is 14.7. The first-order valence-corrected chi connectivity index (χ1v) is 15.1. The van der Waals surface area contributed by atoms with E-state index >= 15 is 0 Å². The van der Waals surface area contributed by atoms with Crippen LogP contribution in [0.25, 0.3) is 11.1 Å². The minimum Gasteiger partial charge on any atom is -0.444 e. The highest BCUT2D eigenvalue weighted by Gasteiger charge is 2.32. The number of carbonyl (C=O) groups is 2. The summed E-state index contributed by atoms with van der Waals surface area (Å²) in [5.74, 6) is -0.820. The van der Waals surface area contributed by atoms with Gasteiger partial charge in [0.2, 0.25) is 0 Å². The third-order valence-electron chi connectivity index (χ3n) is 6.54. The molecule has 3 aromatic rings. The second-order valence-corrected chi connectivity index (χ2v) is 13.1. The highest BCUT2D eigenvalue weighted by atomic mass is 32.2. The van der Waals surface area contributed by atoms with Crippen molar-refractivity contribution in [3.63, 3.8) is 0 Å². The van der Waals surface area contributed by atoms with Gasteiger partial charge in [-0.05, 0) is 88.5 Å². The molecule has 1 fully saturated rings. The first-order chi connectivity index (χ1) is 21.1. The Bertz CT molecular complexity index is 1450. The first-order valence-electron chi connectivity index (χ1n) is 14.4. The summed E-state index contributed by atoms with van der Waals surface area (Å²) in [4.78, 5) is 27.6. The fourth-order valence-electron chi connectivity index (χ4n) is 4.62. The number of carbonyl (C=O) groups excluding carboxylic acids is 2. The van der Waals surface area contributed by atoms with Crippen LogP contribution in [0.4, 0.5) is 29.3 Å². The Morgan fingerprint density at radius 3 is 2.07 bits per heavy atom. The van der Waals surface area contributed by atoms with Crippen molar-refractivity contribution in [3.05, 3.63) is 77.9 Å². The van der Waals surface area contributed by atoms with Crippen LogP contribution in [0.2, 0.25) is 0 Å². The minimum atomic E-state index is -4.93. The van der Waals surface area contributed by atoms with E-state index in [2.05, 4.69) is 28.9 Å². The number of hydrogen-bond acceptors (Lipinski definition) is 8. The molecule has 1 saturated heterocycles. The van der Waals surface area contributed by atoms with Crippen LogP contribution in [-0.2, 0) is 11.3 Å². The molecule has 2 amide bonds. The van der Waals surface area contributed by atoms with Crippen molar-refractivity contribution in [1.82, 2.24) is 13.5 Å². The van der Waals surface area contributed by atoms with Crippen LogP contribution in [0.5, 0.6) is 5.75 Å². The molecule has 1 aliphatic rings. The largest absolute Gasteiger partial charge is 0.573 e. The molecule has 3 aromatic carbocycles. The molecule has 1 aliphatic heterocycles. The van der Waals surface area contributed by atoms with E-state index < -0.39 is 23.8 Å². The Labute approximate surface area is 265 Å². The molecule has 1 heterocycles. The number of halogens is 3. The lowest BCUT2D eigenvalue weighted by molar-refractivity contribution is -0.274. The lowest BCUT2D eigenvalue weighted by atomic mass is 10.0. The van der Waals surface area contributed by atoms with Gasteiger partial charge in [-0.2, -0.15) is 0 Å². The number of benzene rings is 3. The second-order valence-electron chi connectivity index (χ2n) is 11.7. The highest BCUT2D eigenvalue weighted by Crippen LogP contribution is 2.36. The molecular formula is C32H38F3N5O4S. The number of ether oxygens (including phenoxy) is 2. The van der Waals surface area contributed by atoms with Gasteiger partial charge < -0.3 is 14.8 Å². The van der Waals surface area contributed by atoms with E-state index in [1.54, 1.807) is 32.9 Å². The van der Waals surface area contributed by atoms with Crippen LogP contribution < -0.4 is 15.4 Å². The molecule has 0 saturated carbocycles. The van der Waals surface area contributed by atoms with Crippen molar-refractivity contribution < 1.29 is 32.2 Å². The summed E-state index contributed by atoms with van der Waals surface area (Å²) in [5.41, 5.74) is 1.96. The Balaban J connectivity index is 1.40. The lowest BCUT2D eigenvalue weighted by Crippen LogP contribution is -2.43. The number of rotatable bonds is 9. The number of hydrogen-bond donors (Lipinski definition) is 2. The first kappa shape index (κ1) is 34.1. The topological polar surface area (TPSA) is 86.4 Å². The van der Waals surface area contributed by atoms with E-state index in [-0.39, 0.29) is 17.2 Å². The van der Waals surface area contributed by atoms with Gasteiger partial charge in [0.15, 0.2) is 0 Å². The lowest BCUT2D eigenvalue weighted by Gasteiger charge is -2.34. The molecule has 13 heteroatoms. The third-order valence-corrected chi connectivity index (χ3v) is 7.46. The highest BCUT2D eigenvalue weighted by molar-refractivity contribution is 7.94. The average Bonchev–Trinajstić information content (AvgIpc) is 2.94. The van der Waals surface area contributed by atoms with Crippen LogP contribution in [0.3, 0.4) is 0 Å². The van der Waals surface area contributed by atoms with Crippen LogP contribution in [-0.4, -0.2) is 77.7 Å². The smallest absolute Gasteiger partial charge is 0.444 e. The van der Waals surface area contributed by atoms with Gasteiger partial charge in [0.1, 0.15) is 11.4 Å². The summed E-state index contributed by atoms with van der Waals surface area (Å²) < 4.78 is 53.3. The zero-order valence-corrected chi connectivity index (χ0v) is 26.7. The molecule has 242 valence electrons. The van der Waals surface area contributed by atoms with Gasteiger partial charge in [-0.3, -0.25) is 15.0 Å². The average molecular weight is 646 g/mol. The quantitative estimate of drug-likeness (QED) is 0.239. The molecule has 0 bridgehead atoms. The maximum absolute atomic E-state index is 13.1. The molecule has 9 nitrogen and oxygen atoms in total.